The molecule has 1 unspecified atom stereocenters. The Morgan fingerprint density at radius 1 is 1.42 bits per heavy atom. The Balaban J connectivity index is 1.39. The second-order valence-electron chi connectivity index (χ2n) is 9.11. The van der Waals surface area contributed by atoms with Crippen molar-refractivity contribution in [1.29, 1.82) is 0 Å². The number of hydrogen-bond donors (Lipinski definition) is 2. The minimum atomic E-state index is -0.0809. The first kappa shape index (κ1) is 16.1. The quantitative estimate of drug-likeness (QED) is 0.892. The molecule has 0 aromatic carbocycles. The summed E-state index contributed by atoms with van der Waals surface area (Å²) in [5.41, 5.74) is 2.13. The van der Waals surface area contributed by atoms with Gasteiger partial charge in [-0.1, -0.05) is 0 Å². The van der Waals surface area contributed by atoms with E-state index < -0.39 is 0 Å². The smallest absolute Gasteiger partial charge is 0.271 e. The summed E-state index contributed by atoms with van der Waals surface area (Å²) in [7, 11) is 0. The monoisotopic (exact) mass is 330 g/mol. The molecule has 1 aliphatic heterocycles. The Bertz CT molecular complexity index is 634. The first-order chi connectivity index (χ1) is 11.4. The second-order valence-corrected chi connectivity index (χ2v) is 9.11. The molecule has 0 radical (unpaired) electrons. The summed E-state index contributed by atoms with van der Waals surface area (Å²) in [4.78, 5) is 12.6. The van der Waals surface area contributed by atoms with Crippen LogP contribution in [0.2, 0.25) is 0 Å². The maximum absolute atomic E-state index is 12.6. The molecule has 2 N–H and O–H groups in total. The van der Waals surface area contributed by atoms with Crippen molar-refractivity contribution in [3.63, 3.8) is 0 Å². The fourth-order valence-corrected chi connectivity index (χ4v) is 4.23. The molecule has 1 aromatic heterocycles. The summed E-state index contributed by atoms with van der Waals surface area (Å²) >= 11 is 0. The van der Waals surface area contributed by atoms with Crippen LogP contribution in [0.15, 0.2) is 6.07 Å². The van der Waals surface area contributed by atoms with Gasteiger partial charge in [-0.15, -0.1) is 0 Å². The summed E-state index contributed by atoms with van der Waals surface area (Å²) in [5.74, 6) is 1.13. The lowest BCUT2D eigenvalue weighted by Gasteiger charge is -2.38. The van der Waals surface area contributed by atoms with Gasteiger partial charge in [0.2, 0.25) is 0 Å². The van der Waals surface area contributed by atoms with Gasteiger partial charge < -0.3 is 10.6 Å². The number of nitrogens with zero attached hydrogens (tertiary/aromatic N) is 2. The maximum Gasteiger partial charge on any atom is 0.271 e. The normalized spacial score (nSPS) is 25.7. The van der Waals surface area contributed by atoms with Crippen LogP contribution in [0, 0.1) is 5.92 Å². The Hall–Kier alpha value is -1.36. The average molecular weight is 330 g/mol. The van der Waals surface area contributed by atoms with Crippen molar-refractivity contribution >= 4 is 5.91 Å². The number of carbonyl (C=O) groups is 1. The van der Waals surface area contributed by atoms with Gasteiger partial charge in [0.25, 0.3) is 5.91 Å². The van der Waals surface area contributed by atoms with Crippen LogP contribution in [-0.2, 0) is 5.54 Å². The van der Waals surface area contributed by atoms with Gasteiger partial charge in [0.05, 0.1) is 5.54 Å². The van der Waals surface area contributed by atoms with Crippen LogP contribution in [0.25, 0.3) is 0 Å². The van der Waals surface area contributed by atoms with E-state index in [0.717, 1.165) is 13.1 Å². The largest absolute Gasteiger partial charge is 0.350 e. The van der Waals surface area contributed by atoms with Crippen LogP contribution in [0.1, 0.15) is 81.4 Å². The van der Waals surface area contributed by atoms with Crippen LogP contribution in [0.3, 0.4) is 0 Å². The summed E-state index contributed by atoms with van der Waals surface area (Å²) in [6.45, 7) is 8.24. The third-order valence-electron chi connectivity index (χ3n) is 5.91. The van der Waals surface area contributed by atoms with Gasteiger partial charge in [-0.3, -0.25) is 9.48 Å². The molecule has 2 aliphatic carbocycles. The average Bonchev–Trinajstić information content (AvgIpc) is 3.07. The molecule has 1 saturated heterocycles. The zero-order chi connectivity index (χ0) is 16.9. The molecule has 5 nitrogen and oxygen atoms in total. The van der Waals surface area contributed by atoms with Gasteiger partial charge in [0.15, 0.2) is 0 Å². The van der Waals surface area contributed by atoms with Crippen LogP contribution >= 0.6 is 0 Å². The highest BCUT2D eigenvalue weighted by Crippen LogP contribution is 2.42. The van der Waals surface area contributed by atoms with Crippen molar-refractivity contribution in [3.8, 4) is 0 Å². The second kappa shape index (κ2) is 5.58. The fourth-order valence-electron chi connectivity index (χ4n) is 4.23. The standard InChI is InChI=1S/C19H30N4O/c1-18(2,3)23-16(14-5-6-14)9-15(22-23)17(24)20-11-13-10-19(21-12-13)7-4-8-19/h9,13-14,21H,4-8,10-12H2,1-3H3,(H,20,24). The third-order valence-corrected chi connectivity index (χ3v) is 5.91. The minimum Gasteiger partial charge on any atom is -0.350 e. The predicted octanol–water partition coefficient (Wildman–Crippen LogP) is 2.78. The molecule has 0 bridgehead atoms. The van der Waals surface area contributed by atoms with Gasteiger partial charge in [-0.2, -0.15) is 5.10 Å². The highest BCUT2D eigenvalue weighted by Gasteiger charge is 2.43. The van der Waals surface area contributed by atoms with E-state index in [9.17, 15) is 4.79 Å². The molecule has 1 spiro atoms. The molecule has 1 aromatic rings. The topological polar surface area (TPSA) is 59.0 Å². The summed E-state index contributed by atoms with van der Waals surface area (Å²) in [6, 6.07) is 2.01. The first-order valence-electron chi connectivity index (χ1n) is 9.50. The van der Waals surface area contributed by atoms with E-state index in [1.807, 2.05) is 6.07 Å². The van der Waals surface area contributed by atoms with Crippen LogP contribution in [0.4, 0.5) is 0 Å². The molecule has 1 atom stereocenters. The Kier molecular flexibility index (Phi) is 3.75. The molecule has 24 heavy (non-hydrogen) atoms. The van der Waals surface area contributed by atoms with Crippen LogP contribution in [-0.4, -0.2) is 34.3 Å². The number of carbonyl (C=O) groups excluding carboxylic acids is 1. The summed E-state index contributed by atoms with van der Waals surface area (Å²) in [6.07, 6.45) is 7.60. The fraction of sp³-hybridized carbons (Fsp3) is 0.789. The van der Waals surface area contributed by atoms with E-state index in [1.54, 1.807) is 0 Å². The number of amides is 1. The molecular formula is C19H30N4O. The van der Waals surface area contributed by atoms with E-state index in [2.05, 4.69) is 41.2 Å². The number of rotatable bonds is 4. The highest BCUT2D eigenvalue weighted by molar-refractivity contribution is 5.92. The Morgan fingerprint density at radius 3 is 2.71 bits per heavy atom. The zero-order valence-electron chi connectivity index (χ0n) is 15.2. The lowest BCUT2D eigenvalue weighted by Crippen LogP contribution is -2.45. The van der Waals surface area contributed by atoms with Gasteiger partial charge in [-0.05, 0) is 71.3 Å². The number of hydrogen-bond acceptors (Lipinski definition) is 3. The SMILES string of the molecule is CC(C)(C)n1nc(C(=O)NCC2CNC3(CCC3)C2)cc1C1CC1. The molecule has 5 heteroatoms. The van der Waals surface area contributed by atoms with Gasteiger partial charge in [0, 0.05) is 30.2 Å². The molecule has 3 fully saturated rings. The first-order valence-corrected chi connectivity index (χ1v) is 9.50. The lowest BCUT2D eigenvalue weighted by atomic mass is 9.74. The van der Waals surface area contributed by atoms with Gasteiger partial charge in [0.1, 0.15) is 5.69 Å². The van der Waals surface area contributed by atoms with E-state index in [0.29, 0.717) is 23.1 Å². The highest BCUT2D eigenvalue weighted by atomic mass is 16.1. The Morgan fingerprint density at radius 2 is 2.17 bits per heavy atom. The van der Waals surface area contributed by atoms with Crippen molar-refractivity contribution in [2.24, 2.45) is 5.92 Å². The molecular weight excluding hydrogens is 300 g/mol. The minimum absolute atomic E-state index is 0.0190. The summed E-state index contributed by atoms with van der Waals surface area (Å²) < 4.78 is 2.06. The molecule has 4 rings (SSSR count). The van der Waals surface area contributed by atoms with E-state index in [1.165, 1.54) is 44.2 Å². The number of aromatic nitrogens is 2. The predicted molar refractivity (Wildman–Crippen MR) is 94.2 cm³/mol. The Labute approximate surface area is 144 Å². The van der Waals surface area contributed by atoms with Crippen molar-refractivity contribution in [2.75, 3.05) is 13.1 Å². The lowest BCUT2D eigenvalue weighted by molar-refractivity contribution is 0.0940. The van der Waals surface area contributed by atoms with Crippen molar-refractivity contribution < 1.29 is 4.79 Å². The molecule has 2 saturated carbocycles. The van der Waals surface area contributed by atoms with Crippen molar-refractivity contribution in [2.45, 2.75) is 76.3 Å². The van der Waals surface area contributed by atoms with Gasteiger partial charge in [-0.25, -0.2) is 0 Å². The van der Waals surface area contributed by atoms with E-state index in [4.69, 9.17) is 0 Å². The number of nitrogens with one attached hydrogen (secondary N) is 2. The van der Waals surface area contributed by atoms with E-state index >= 15 is 0 Å². The zero-order valence-corrected chi connectivity index (χ0v) is 15.2. The molecule has 1 amide bonds. The van der Waals surface area contributed by atoms with E-state index in [-0.39, 0.29) is 11.4 Å². The van der Waals surface area contributed by atoms with Crippen molar-refractivity contribution in [1.82, 2.24) is 20.4 Å². The molecule has 2 heterocycles. The molecule has 132 valence electrons. The maximum atomic E-state index is 12.6. The van der Waals surface area contributed by atoms with Gasteiger partial charge >= 0.3 is 0 Å². The summed E-state index contributed by atoms with van der Waals surface area (Å²) in [5, 5.41) is 11.4. The van der Waals surface area contributed by atoms with Crippen LogP contribution < -0.4 is 10.6 Å². The van der Waals surface area contributed by atoms with Crippen molar-refractivity contribution in [3.05, 3.63) is 17.5 Å². The third kappa shape index (κ3) is 2.99. The molecule has 3 aliphatic rings. The van der Waals surface area contributed by atoms with Crippen LogP contribution in [0.5, 0.6) is 0 Å².